The van der Waals surface area contributed by atoms with Gasteiger partial charge in [-0.25, -0.2) is 0 Å². The highest BCUT2D eigenvalue weighted by atomic mass is 16.5. The van der Waals surface area contributed by atoms with Gasteiger partial charge in [-0.3, -0.25) is 9.59 Å². The molecule has 0 atom stereocenters. The van der Waals surface area contributed by atoms with E-state index in [2.05, 4.69) is 0 Å². The number of hydrogen-bond acceptors (Lipinski definition) is 5. The van der Waals surface area contributed by atoms with Crippen LogP contribution in [-0.4, -0.2) is 36.7 Å². The molecule has 1 aliphatic heterocycles. The summed E-state index contributed by atoms with van der Waals surface area (Å²) in [5, 5.41) is 0. The van der Waals surface area contributed by atoms with Gasteiger partial charge in [-0.05, 0) is 29.2 Å². The molecule has 0 unspecified atom stereocenters. The summed E-state index contributed by atoms with van der Waals surface area (Å²) in [4.78, 5) is 27.8. The molecule has 0 amide bonds. The number of methoxy groups -OCH3 is 1. The van der Waals surface area contributed by atoms with E-state index in [1.165, 1.54) is 0 Å². The zero-order valence-corrected chi connectivity index (χ0v) is 15.9. The van der Waals surface area contributed by atoms with Crippen LogP contribution in [-0.2, 0) is 20.9 Å². The lowest BCUT2D eigenvalue weighted by Crippen LogP contribution is -2.30. The Morgan fingerprint density at radius 2 is 1.68 bits per heavy atom. The van der Waals surface area contributed by atoms with Crippen molar-refractivity contribution in [2.45, 2.75) is 25.3 Å². The summed E-state index contributed by atoms with van der Waals surface area (Å²) in [6.07, 6.45) is 0.638. The number of hydrogen-bond donors (Lipinski definition) is 0. The highest BCUT2D eigenvalue weighted by Crippen LogP contribution is 2.35. The highest BCUT2D eigenvalue weighted by Gasteiger charge is 2.37. The molecule has 0 bridgehead atoms. The van der Waals surface area contributed by atoms with E-state index in [4.69, 9.17) is 9.47 Å². The number of benzene rings is 2. The number of ketones is 2. The van der Waals surface area contributed by atoms with E-state index in [9.17, 15) is 9.59 Å². The Labute approximate surface area is 164 Å². The number of ether oxygens (including phenoxy) is 2. The van der Waals surface area contributed by atoms with Crippen molar-refractivity contribution in [1.29, 1.82) is 0 Å². The molecular weight excluding hydrogens is 354 g/mol. The molecule has 1 aliphatic carbocycles. The minimum atomic E-state index is -0.132. The van der Waals surface area contributed by atoms with Crippen LogP contribution in [0, 0.1) is 0 Å². The van der Waals surface area contributed by atoms with Crippen LogP contribution in [0.4, 0.5) is 0 Å². The first-order chi connectivity index (χ1) is 13.7. The standard InChI is InChI=1S/C23H23NO4/c1-27-19-9-7-17(8-10-19)18-13-20(25)22(21(26)14-18)23-24(11-12-28-23)15-16-5-3-2-4-6-16/h2-10,18H,11-15H2,1H3. The van der Waals surface area contributed by atoms with Gasteiger partial charge in [0.25, 0.3) is 0 Å². The molecule has 1 heterocycles. The molecule has 2 aromatic rings. The number of carbonyl (C=O) groups excluding carboxylic acids is 2. The van der Waals surface area contributed by atoms with Gasteiger partial charge in [0.05, 0.1) is 13.7 Å². The zero-order valence-electron chi connectivity index (χ0n) is 15.9. The topological polar surface area (TPSA) is 55.8 Å². The molecule has 28 heavy (non-hydrogen) atoms. The Morgan fingerprint density at radius 1 is 1.00 bits per heavy atom. The molecule has 1 saturated carbocycles. The quantitative estimate of drug-likeness (QED) is 0.603. The Balaban J connectivity index is 1.55. The maximum absolute atomic E-state index is 12.9. The van der Waals surface area contributed by atoms with E-state index in [-0.39, 0.29) is 23.1 Å². The monoisotopic (exact) mass is 377 g/mol. The van der Waals surface area contributed by atoms with Crippen molar-refractivity contribution in [2.24, 2.45) is 0 Å². The van der Waals surface area contributed by atoms with Gasteiger partial charge in [0.15, 0.2) is 11.6 Å². The van der Waals surface area contributed by atoms with Crippen molar-refractivity contribution in [3.8, 4) is 5.75 Å². The Morgan fingerprint density at radius 3 is 2.32 bits per heavy atom. The van der Waals surface area contributed by atoms with Crippen LogP contribution < -0.4 is 4.74 Å². The van der Waals surface area contributed by atoms with Gasteiger partial charge in [0, 0.05) is 19.4 Å². The summed E-state index contributed by atoms with van der Waals surface area (Å²) < 4.78 is 10.9. The van der Waals surface area contributed by atoms with E-state index in [0.717, 1.165) is 16.9 Å². The van der Waals surface area contributed by atoms with E-state index < -0.39 is 0 Å². The number of carbonyl (C=O) groups is 2. The van der Waals surface area contributed by atoms with E-state index >= 15 is 0 Å². The molecule has 2 aliphatic rings. The normalized spacial score (nSPS) is 19.8. The summed E-state index contributed by atoms with van der Waals surface area (Å²) >= 11 is 0. The summed E-state index contributed by atoms with van der Waals surface area (Å²) in [6, 6.07) is 17.6. The predicted molar refractivity (Wildman–Crippen MR) is 105 cm³/mol. The van der Waals surface area contributed by atoms with Crippen LogP contribution >= 0.6 is 0 Å². The molecule has 0 radical (unpaired) electrons. The van der Waals surface area contributed by atoms with Gasteiger partial charge in [-0.15, -0.1) is 0 Å². The van der Waals surface area contributed by atoms with Crippen LogP contribution in [0.25, 0.3) is 0 Å². The van der Waals surface area contributed by atoms with Crippen molar-refractivity contribution >= 4 is 11.6 Å². The lowest BCUT2D eigenvalue weighted by atomic mass is 9.80. The van der Waals surface area contributed by atoms with Gasteiger partial charge in [0.1, 0.15) is 17.9 Å². The lowest BCUT2D eigenvalue weighted by Gasteiger charge is -2.26. The van der Waals surface area contributed by atoms with Crippen molar-refractivity contribution in [3.63, 3.8) is 0 Å². The number of rotatable bonds is 4. The van der Waals surface area contributed by atoms with Crippen molar-refractivity contribution in [2.75, 3.05) is 20.3 Å². The van der Waals surface area contributed by atoms with E-state index in [1.807, 2.05) is 59.5 Å². The molecule has 4 rings (SSSR count). The van der Waals surface area contributed by atoms with Crippen LogP contribution in [0.1, 0.15) is 29.9 Å². The second-order valence-corrected chi connectivity index (χ2v) is 7.16. The first kappa shape index (κ1) is 18.3. The van der Waals surface area contributed by atoms with Gasteiger partial charge < -0.3 is 14.4 Å². The summed E-state index contributed by atoms with van der Waals surface area (Å²) in [5.41, 5.74) is 2.34. The summed E-state index contributed by atoms with van der Waals surface area (Å²) in [5.74, 6) is 0.848. The first-order valence-electron chi connectivity index (χ1n) is 9.52. The molecule has 1 saturated heterocycles. The maximum Gasteiger partial charge on any atom is 0.204 e. The number of allylic oxidation sites excluding steroid dienone is 1. The molecular formula is C23H23NO4. The maximum atomic E-state index is 12.9. The van der Waals surface area contributed by atoms with Crippen LogP contribution in [0.5, 0.6) is 5.75 Å². The molecule has 5 heteroatoms. The Hall–Kier alpha value is -3.08. The smallest absolute Gasteiger partial charge is 0.204 e. The second-order valence-electron chi connectivity index (χ2n) is 7.16. The minimum absolute atomic E-state index is 0.0979. The second kappa shape index (κ2) is 7.89. The molecule has 0 spiro atoms. The third-order valence-corrected chi connectivity index (χ3v) is 5.33. The Kier molecular flexibility index (Phi) is 5.15. The molecule has 0 N–H and O–H groups in total. The van der Waals surface area contributed by atoms with Gasteiger partial charge in [0.2, 0.25) is 5.88 Å². The van der Waals surface area contributed by atoms with Crippen molar-refractivity contribution < 1.29 is 19.1 Å². The average molecular weight is 377 g/mol. The Bertz CT molecular complexity index is 882. The predicted octanol–water partition coefficient (Wildman–Crippen LogP) is 3.45. The van der Waals surface area contributed by atoms with Crippen LogP contribution in [0.3, 0.4) is 0 Å². The summed E-state index contributed by atoms with van der Waals surface area (Å²) in [7, 11) is 1.62. The van der Waals surface area contributed by atoms with E-state index in [0.29, 0.717) is 38.4 Å². The molecule has 144 valence electrons. The number of Topliss-reactive ketones (excluding diaryl/α,β-unsaturated/α-hetero) is 2. The van der Waals surface area contributed by atoms with Crippen LogP contribution in [0.2, 0.25) is 0 Å². The van der Waals surface area contributed by atoms with Gasteiger partial charge >= 0.3 is 0 Å². The van der Waals surface area contributed by atoms with Crippen molar-refractivity contribution in [1.82, 2.24) is 4.90 Å². The SMILES string of the molecule is COc1ccc(C2CC(=O)C(=C3OCCN3Cc3ccccc3)C(=O)C2)cc1. The zero-order chi connectivity index (χ0) is 19.5. The summed E-state index contributed by atoms with van der Waals surface area (Å²) in [6.45, 7) is 1.80. The molecule has 5 nitrogen and oxygen atoms in total. The lowest BCUT2D eigenvalue weighted by molar-refractivity contribution is -0.125. The van der Waals surface area contributed by atoms with E-state index in [1.54, 1.807) is 7.11 Å². The van der Waals surface area contributed by atoms with Gasteiger partial charge in [-0.2, -0.15) is 0 Å². The third kappa shape index (κ3) is 3.65. The highest BCUT2D eigenvalue weighted by molar-refractivity contribution is 6.22. The largest absolute Gasteiger partial charge is 0.497 e. The fraction of sp³-hybridized carbons (Fsp3) is 0.304. The van der Waals surface area contributed by atoms with Crippen molar-refractivity contribution in [3.05, 3.63) is 77.2 Å². The first-order valence-corrected chi connectivity index (χ1v) is 9.52. The average Bonchev–Trinajstić information content (AvgIpc) is 3.16. The minimum Gasteiger partial charge on any atom is -0.497 e. The third-order valence-electron chi connectivity index (χ3n) is 5.33. The number of nitrogens with zero attached hydrogens (tertiary/aromatic N) is 1. The molecule has 0 aromatic heterocycles. The van der Waals surface area contributed by atoms with Gasteiger partial charge in [-0.1, -0.05) is 42.5 Å². The molecule has 2 aromatic carbocycles. The fourth-order valence-corrected chi connectivity index (χ4v) is 3.86. The fourth-order valence-electron chi connectivity index (χ4n) is 3.86. The molecule has 2 fully saturated rings. The van der Waals surface area contributed by atoms with Crippen LogP contribution in [0.15, 0.2) is 66.1 Å².